The summed E-state index contributed by atoms with van der Waals surface area (Å²) in [6.45, 7) is 0. The summed E-state index contributed by atoms with van der Waals surface area (Å²) < 4.78 is 0. The van der Waals surface area contributed by atoms with Gasteiger partial charge in [-0.25, -0.2) is 0 Å². The first-order valence-corrected chi connectivity index (χ1v) is 5.39. The van der Waals surface area contributed by atoms with E-state index in [2.05, 4.69) is 10.3 Å². The number of carboxylic acid groups (broad SMARTS) is 1. The Morgan fingerprint density at radius 3 is 2.79 bits per heavy atom. The van der Waals surface area contributed by atoms with Crippen molar-refractivity contribution in [2.75, 3.05) is 0 Å². The maximum Gasteiger partial charge on any atom is 0.323 e. The van der Waals surface area contributed by atoms with Gasteiger partial charge in [-0.3, -0.25) is 9.78 Å². The Morgan fingerprint density at radius 2 is 2.11 bits per heavy atom. The average Bonchev–Trinajstić information content (AvgIpc) is 2.38. The summed E-state index contributed by atoms with van der Waals surface area (Å²) in [5.74, 6) is -1.09. The van der Waals surface area contributed by atoms with E-state index in [1.807, 2.05) is 24.3 Å². The van der Waals surface area contributed by atoms with Crippen LogP contribution in [-0.4, -0.2) is 28.5 Å². The van der Waals surface area contributed by atoms with Crippen molar-refractivity contribution in [1.29, 1.82) is 0 Å². The Labute approximate surface area is 103 Å². The predicted molar refractivity (Wildman–Crippen MR) is 65.7 cm³/mol. The number of amides is 1. The Kier molecular flexibility index (Phi) is 4.14. The van der Waals surface area contributed by atoms with Crippen LogP contribution >= 0.6 is 0 Å². The number of hydrogen-bond acceptors (Lipinski definition) is 3. The first-order valence-electron chi connectivity index (χ1n) is 5.39. The summed E-state index contributed by atoms with van der Waals surface area (Å²) in [6.07, 6.45) is 4.93. The minimum atomic E-state index is -1.09. The van der Waals surface area contributed by atoms with Crippen molar-refractivity contribution in [2.24, 2.45) is 0 Å². The van der Waals surface area contributed by atoms with Crippen LogP contribution in [0.1, 0.15) is 5.56 Å². The van der Waals surface area contributed by atoms with Crippen molar-refractivity contribution >= 4 is 23.2 Å². The van der Waals surface area contributed by atoms with Crippen LogP contribution < -0.4 is 5.32 Å². The number of rotatable bonds is 5. The number of aromatic nitrogens is 1. The van der Waals surface area contributed by atoms with Gasteiger partial charge in [0.05, 0.1) is 0 Å². The molecule has 0 fully saturated rings. The average molecular weight is 500 g/mol. The van der Waals surface area contributed by atoms with E-state index in [0.29, 0.717) is 0 Å². The maximum absolute atomic E-state index is 11.0. The molecule has 1 unspecified atom stereocenters. The van der Waals surface area contributed by atoms with Crippen molar-refractivity contribution in [1.82, 2.24) is 10.3 Å². The minimum absolute atomic E-state index is 0. The molecule has 0 aliphatic rings. The molecule has 0 spiro atoms. The fraction of sp³-hybridized carbons (Fsp3) is 0.154. The van der Waals surface area contributed by atoms with Crippen LogP contribution in [0, 0.1) is 0 Å². The van der Waals surface area contributed by atoms with Gasteiger partial charge in [-0.2, -0.15) is 6.41 Å². The molecule has 0 aliphatic heterocycles. The summed E-state index contributed by atoms with van der Waals surface area (Å²) in [6, 6.07) is 6.58. The number of nitrogens with zero attached hydrogens (tertiary/aromatic N) is 1. The van der Waals surface area contributed by atoms with E-state index in [1.54, 1.807) is 12.4 Å². The van der Waals surface area contributed by atoms with Crippen LogP contribution in [0.15, 0.2) is 36.7 Å². The Morgan fingerprint density at radius 1 is 1.37 bits per heavy atom. The first kappa shape index (κ1) is 13.6. The summed E-state index contributed by atoms with van der Waals surface area (Å²) in [5, 5.41) is 13.0. The molecule has 104 valence electrons. The zero-order valence-corrected chi connectivity index (χ0v) is 12.2. The number of nitrogens with one attached hydrogen (secondary N) is 1. The molecule has 0 aliphatic carbocycles. The maximum atomic E-state index is 11.0. The summed E-state index contributed by atoms with van der Waals surface area (Å²) in [5.41, 5.74) is 0.781. The largest absolute Gasteiger partial charge is 0.520 e. The number of hydrogen-bond donors (Lipinski definition) is 2. The van der Waals surface area contributed by atoms with Crippen LogP contribution in [0.2, 0.25) is 0 Å². The summed E-state index contributed by atoms with van der Waals surface area (Å²) in [4.78, 5) is 25.3. The van der Waals surface area contributed by atoms with Gasteiger partial charge in [0.1, 0.15) is 6.04 Å². The third-order valence-electron chi connectivity index (χ3n) is 2.71. The molecule has 2 N–H and O–H groups in total. The topological polar surface area (TPSA) is 79.3 Å². The van der Waals surface area contributed by atoms with Crippen LogP contribution in [0.25, 0.3) is 10.8 Å². The Balaban J connectivity index is 0.00000180. The Hall–Kier alpha value is -3.43. The van der Waals surface area contributed by atoms with E-state index in [9.17, 15) is 9.59 Å². The van der Waals surface area contributed by atoms with E-state index in [0.717, 1.165) is 16.3 Å². The van der Waals surface area contributed by atoms with Crippen molar-refractivity contribution < 1.29 is 14.7 Å². The second-order valence-electron chi connectivity index (χ2n) is 3.86. The minimum Gasteiger partial charge on any atom is -0.520 e. The summed E-state index contributed by atoms with van der Waals surface area (Å²) in [7, 11) is 0. The number of carboxylic acids is 1. The molecule has 1 aromatic heterocycles. The zero-order valence-electron chi connectivity index (χ0n) is 9.75. The van der Waals surface area contributed by atoms with Gasteiger partial charge in [0, 0.05) is 24.2 Å². The molecule has 1 amide bonds. The third kappa shape index (κ3) is 2.82. The molecule has 2 aromatic rings. The van der Waals surface area contributed by atoms with E-state index in [-0.39, 0.29) is 6.42 Å². The molecule has 6 heteroatoms. The van der Waals surface area contributed by atoms with E-state index < -0.39 is 12.0 Å². The van der Waals surface area contributed by atoms with Gasteiger partial charge in [0.25, 0.3) is 0 Å². The molecule has 5 nitrogen and oxygen atoms in total. The molecule has 0 radical (unpaired) electrons. The number of carbonyl (C=O) groups excluding carboxylic acids is 1. The van der Waals surface area contributed by atoms with Crippen LogP contribution in [-0.2, 0) is 16.0 Å². The van der Waals surface area contributed by atoms with Crippen LogP contribution in [0.3, 0.4) is 0 Å². The van der Waals surface area contributed by atoms with Gasteiger partial charge >= 0.3 is 5.97 Å². The fourth-order valence-electron chi connectivity index (χ4n) is 1.83. The smallest absolute Gasteiger partial charge is 0.323 e. The number of pyridine rings is 1. The Bertz CT molecular complexity index is 584. The van der Waals surface area contributed by atoms with E-state index in [4.69, 9.17) is 5.11 Å². The van der Waals surface area contributed by atoms with Crippen molar-refractivity contribution in [3.63, 3.8) is 0 Å². The summed E-state index contributed by atoms with van der Waals surface area (Å²) >= 11 is 0. The standard InChI is InChI=1S/C13H11N2O3.Fm/c16-8-15-12(13(17)18)5-10-7-14-6-9-3-1-2-4-11(9)10;/h1-4,6-7,12H,5H2,(H,15,16)(H,17,18);/q-1;. The van der Waals surface area contributed by atoms with Crippen molar-refractivity contribution in [3.8, 4) is 0 Å². The molecular formula is C13H11FmN2O3-. The van der Waals surface area contributed by atoms with E-state index >= 15 is 0 Å². The first-order chi connectivity index (χ1) is 8.72. The normalized spacial score (nSPS) is 11.4. The second-order valence-corrected chi connectivity index (χ2v) is 3.86. The van der Waals surface area contributed by atoms with Gasteiger partial charge in [-0.1, -0.05) is 24.3 Å². The van der Waals surface area contributed by atoms with Crippen molar-refractivity contribution in [3.05, 3.63) is 42.2 Å². The molecule has 1 atom stereocenters. The van der Waals surface area contributed by atoms with E-state index in [1.165, 1.54) is 6.41 Å². The molecule has 19 heavy (non-hydrogen) atoms. The molecule has 2 rings (SSSR count). The zero-order chi connectivity index (χ0) is 13.0. The predicted octanol–water partition coefficient (Wildman–Crippen LogP) is 0.887. The number of aliphatic carboxylic acids is 1. The van der Waals surface area contributed by atoms with Gasteiger partial charge in [0.2, 0.25) is 0 Å². The van der Waals surface area contributed by atoms with Crippen molar-refractivity contribution in [2.45, 2.75) is 12.5 Å². The SMILES string of the molecule is O=[C-]NC(Cc1cncc2ccccc12)C(=O)O.[Fm]. The molecule has 0 saturated carbocycles. The van der Waals surface area contributed by atoms with Gasteiger partial charge in [0.15, 0.2) is 0 Å². The van der Waals surface area contributed by atoms with Gasteiger partial charge in [-0.05, 0) is 10.9 Å². The number of fused-ring (bicyclic) bond motifs is 1. The van der Waals surface area contributed by atoms with Crippen LogP contribution in [0.5, 0.6) is 0 Å². The fourth-order valence-corrected chi connectivity index (χ4v) is 1.83. The molecule has 1 aromatic carbocycles. The third-order valence-corrected chi connectivity index (χ3v) is 2.71. The second kappa shape index (κ2) is 5.77. The monoisotopic (exact) mass is 500 g/mol. The quantitative estimate of drug-likeness (QED) is 0.473. The number of carbonyl (C=O) groups is 1. The molecule has 0 saturated heterocycles. The number of benzene rings is 1. The molecule has 1 heterocycles. The van der Waals surface area contributed by atoms with Gasteiger partial charge in [-0.15, -0.1) is 0 Å². The van der Waals surface area contributed by atoms with Gasteiger partial charge < -0.3 is 15.2 Å². The molecule has 0 bridgehead atoms. The molecular weight excluding hydrogens is 489 g/mol. The van der Waals surface area contributed by atoms with Crippen LogP contribution in [0.4, 0.5) is 0 Å².